The smallest absolute Gasteiger partial charge is 0.319 e. The Morgan fingerprint density at radius 3 is 2.96 bits per heavy atom. The molecule has 2 rings (SSSR count). The molecule has 23 heavy (non-hydrogen) atoms. The zero-order valence-corrected chi connectivity index (χ0v) is 14.2. The van der Waals surface area contributed by atoms with Gasteiger partial charge in [0.15, 0.2) is 4.77 Å². The number of aryl methyl sites for hydroxylation is 1. The largest absolute Gasteiger partial charge is 0.377 e. The van der Waals surface area contributed by atoms with Gasteiger partial charge in [-0.1, -0.05) is 12.1 Å². The van der Waals surface area contributed by atoms with E-state index >= 15 is 0 Å². The molecule has 1 atom stereocenters. The number of benzene rings is 1. The van der Waals surface area contributed by atoms with Crippen molar-refractivity contribution in [2.24, 2.45) is 0 Å². The number of ether oxygens (including phenoxy) is 1. The minimum absolute atomic E-state index is 0.0225. The van der Waals surface area contributed by atoms with Gasteiger partial charge in [0.05, 0.1) is 6.10 Å². The van der Waals surface area contributed by atoms with Crippen LogP contribution in [0.5, 0.6) is 0 Å². The Morgan fingerprint density at radius 1 is 1.52 bits per heavy atom. The summed E-state index contributed by atoms with van der Waals surface area (Å²) in [6.45, 7) is 4.83. The number of hydrogen-bond acceptors (Lipinski definition) is 4. The molecule has 2 aromatic rings. The third-order valence-electron chi connectivity index (χ3n) is 3.54. The summed E-state index contributed by atoms with van der Waals surface area (Å²) in [5.74, 6) is 0.790. The predicted molar refractivity (Wildman–Crippen MR) is 91.0 cm³/mol. The van der Waals surface area contributed by atoms with Crippen molar-refractivity contribution < 1.29 is 9.53 Å². The topological polar surface area (TPSA) is 84.0 Å². The Labute approximate surface area is 140 Å². The molecule has 0 aliphatic rings. The number of rotatable bonds is 6. The van der Waals surface area contributed by atoms with Crippen molar-refractivity contribution >= 4 is 23.9 Å². The lowest BCUT2D eigenvalue weighted by Crippen LogP contribution is -2.31. The zero-order chi connectivity index (χ0) is 16.8. The second-order valence-corrected chi connectivity index (χ2v) is 5.50. The fourth-order valence-electron chi connectivity index (χ4n) is 2.12. The van der Waals surface area contributed by atoms with E-state index in [4.69, 9.17) is 17.0 Å². The van der Waals surface area contributed by atoms with Crippen LogP contribution in [0.1, 0.15) is 24.4 Å². The molecular formula is C15H21N5O2S. The van der Waals surface area contributed by atoms with Crippen LogP contribution < -0.4 is 10.6 Å². The minimum atomic E-state index is -0.264. The lowest BCUT2D eigenvalue weighted by atomic mass is 10.1. The van der Waals surface area contributed by atoms with Crippen LogP contribution in [-0.4, -0.2) is 34.5 Å². The van der Waals surface area contributed by atoms with E-state index in [1.165, 1.54) is 0 Å². The molecule has 0 fully saturated rings. The van der Waals surface area contributed by atoms with E-state index in [1.807, 2.05) is 42.7 Å². The summed E-state index contributed by atoms with van der Waals surface area (Å²) in [6.07, 6.45) is -0.0225. The van der Waals surface area contributed by atoms with Crippen molar-refractivity contribution in [3.8, 4) is 0 Å². The number of aromatic nitrogens is 3. The highest BCUT2D eigenvalue weighted by molar-refractivity contribution is 7.71. The maximum atomic E-state index is 11.9. The van der Waals surface area contributed by atoms with E-state index in [9.17, 15) is 4.79 Å². The SMILES string of the molecule is CO[C@H](C)c1cccc(NC(=O)NCCn2c(C)n[nH]c2=S)c1. The number of urea groups is 1. The first-order valence-electron chi connectivity index (χ1n) is 7.30. The van der Waals surface area contributed by atoms with Crippen molar-refractivity contribution in [1.29, 1.82) is 0 Å². The number of nitrogens with zero attached hydrogens (tertiary/aromatic N) is 2. The first-order valence-corrected chi connectivity index (χ1v) is 7.71. The van der Waals surface area contributed by atoms with Crippen LogP contribution in [0.15, 0.2) is 24.3 Å². The summed E-state index contributed by atoms with van der Waals surface area (Å²) >= 11 is 5.11. The van der Waals surface area contributed by atoms with Crippen molar-refractivity contribution in [3.63, 3.8) is 0 Å². The standard InChI is InChI=1S/C15H21N5O2S/c1-10(22-3)12-5-4-6-13(9-12)17-14(21)16-7-8-20-11(2)18-19-15(20)23/h4-6,9-10H,7-8H2,1-3H3,(H,19,23)(H2,16,17,21)/t10-/m1/s1. The van der Waals surface area contributed by atoms with E-state index < -0.39 is 0 Å². The van der Waals surface area contributed by atoms with E-state index in [0.717, 1.165) is 17.1 Å². The molecule has 0 unspecified atom stereocenters. The molecule has 3 N–H and O–H groups in total. The van der Waals surface area contributed by atoms with Crippen molar-refractivity contribution in [1.82, 2.24) is 20.1 Å². The first kappa shape index (κ1) is 17.2. The monoisotopic (exact) mass is 335 g/mol. The summed E-state index contributed by atoms with van der Waals surface area (Å²) < 4.78 is 7.65. The van der Waals surface area contributed by atoms with Crippen molar-refractivity contribution in [2.75, 3.05) is 19.0 Å². The third kappa shape index (κ3) is 4.64. The van der Waals surface area contributed by atoms with Gasteiger partial charge in [-0.25, -0.2) is 4.79 Å². The molecule has 0 bridgehead atoms. The van der Waals surface area contributed by atoms with Gasteiger partial charge in [0.2, 0.25) is 0 Å². The number of anilines is 1. The molecular weight excluding hydrogens is 314 g/mol. The van der Waals surface area contributed by atoms with Gasteiger partial charge in [0, 0.05) is 25.9 Å². The molecule has 1 heterocycles. The van der Waals surface area contributed by atoms with Gasteiger partial charge in [0.1, 0.15) is 5.82 Å². The summed E-state index contributed by atoms with van der Waals surface area (Å²) in [5, 5.41) is 12.3. The predicted octanol–water partition coefficient (Wildman–Crippen LogP) is 2.78. The van der Waals surface area contributed by atoms with Crippen LogP contribution in [0.3, 0.4) is 0 Å². The van der Waals surface area contributed by atoms with Crippen LogP contribution in [-0.2, 0) is 11.3 Å². The minimum Gasteiger partial charge on any atom is -0.377 e. The number of H-pyrrole nitrogens is 1. The van der Waals surface area contributed by atoms with Gasteiger partial charge in [-0.3, -0.25) is 5.10 Å². The Morgan fingerprint density at radius 2 is 2.30 bits per heavy atom. The van der Waals surface area contributed by atoms with E-state index in [-0.39, 0.29) is 12.1 Å². The number of methoxy groups -OCH3 is 1. The molecule has 0 spiro atoms. The summed E-state index contributed by atoms with van der Waals surface area (Å²) in [6, 6.07) is 7.31. The lowest BCUT2D eigenvalue weighted by molar-refractivity contribution is 0.119. The van der Waals surface area contributed by atoms with Gasteiger partial charge < -0.3 is 19.9 Å². The van der Waals surface area contributed by atoms with E-state index in [0.29, 0.717) is 17.9 Å². The number of nitrogens with one attached hydrogen (secondary N) is 3. The second-order valence-electron chi connectivity index (χ2n) is 5.11. The van der Waals surface area contributed by atoms with Crippen molar-refractivity contribution in [2.45, 2.75) is 26.5 Å². The van der Waals surface area contributed by atoms with Crippen molar-refractivity contribution in [3.05, 3.63) is 40.4 Å². The van der Waals surface area contributed by atoms with E-state index in [2.05, 4.69) is 20.8 Å². The average Bonchev–Trinajstić information content (AvgIpc) is 2.86. The molecule has 8 heteroatoms. The number of carbonyl (C=O) groups is 1. The normalized spacial score (nSPS) is 12.0. The van der Waals surface area contributed by atoms with Crippen LogP contribution in [0.25, 0.3) is 0 Å². The van der Waals surface area contributed by atoms with Gasteiger partial charge in [-0.15, -0.1) is 0 Å². The molecule has 124 valence electrons. The lowest BCUT2D eigenvalue weighted by Gasteiger charge is -2.12. The summed E-state index contributed by atoms with van der Waals surface area (Å²) in [7, 11) is 1.65. The molecule has 0 radical (unpaired) electrons. The highest BCUT2D eigenvalue weighted by Crippen LogP contribution is 2.19. The molecule has 7 nitrogen and oxygen atoms in total. The third-order valence-corrected chi connectivity index (χ3v) is 3.85. The van der Waals surface area contributed by atoms with Crippen LogP contribution >= 0.6 is 12.2 Å². The number of hydrogen-bond donors (Lipinski definition) is 3. The molecule has 0 saturated carbocycles. The molecule has 2 amide bonds. The maximum Gasteiger partial charge on any atom is 0.319 e. The van der Waals surface area contributed by atoms with Gasteiger partial charge >= 0.3 is 6.03 Å². The van der Waals surface area contributed by atoms with E-state index in [1.54, 1.807) is 7.11 Å². The Balaban J connectivity index is 1.86. The molecule has 0 saturated heterocycles. The molecule has 1 aromatic carbocycles. The zero-order valence-electron chi connectivity index (χ0n) is 13.4. The fourth-order valence-corrected chi connectivity index (χ4v) is 2.39. The molecule has 1 aromatic heterocycles. The molecule has 0 aliphatic carbocycles. The van der Waals surface area contributed by atoms with Gasteiger partial charge in [-0.2, -0.15) is 5.10 Å². The summed E-state index contributed by atoms with van der Waals surface area (Å²) in [5.41, 5.74) is 1.73. The highest BCUT2D eigenvalue weighted by atomic mass is 32.1. The quantitative estimate of drug-likeness (QED) is 0.709. The van der Waals surface area contributed by atoms with Gasteiger partial charge in [0.25, 0.3) is 0 Å². The number of aromatic amines is 1. The first-order chi connectivity index (χ1) is 11.0. The highest BCUT2D eigenvalue weighted by Gasteiger charge is 2.07. The Kier molecular flexibility index (Phi) is 5.89. The number of amides is 2. The maximum absolute atomic E-state index is 11.9. The Bertz CT molecular complexity index is 725. The van der Waals surface area contributed by atoms with Crippen LogP contribution in [0.2, 0.25) is 0 Å². The number of carbonyl (C=O) groups excluding carboxylic acids is 1. The Hall–Kier alpha value is -2.19. The van der Waals surface area contributed by atoms with Gasteiger partial charge in [-0.05, 0) is 43.8 Å². The van der Waals surface area contributed by atoms with Crippen LogP contribution in [0.4, 0.5) is 10.5 Å². The average molecular weight is 335 g/mol. The van der Waals surface area contributed by atoms with Crippen LogP contribution in [0, 0.1) is 11.7 Å². The second kappa shape index (κ2) is 7.89. The summed E-state index contributed by atoms with van der Waals surface area (Å²) in [4.78, 5) is 11.9. The fraction of sp³-hybridized carbons (Fsp3) is 0.400. The molecule has 0 aliphatic heterocycles.